The van der Waals surface area contributed by atoms with Gasteiger partial charge >= 0.3 is 0 Å². The van der Waals surface area contributed by atoms with E-state index in [2.05, 4.69) is 12.2 Å². The Hall–Kier alpha value is -1.35. The maximum atomic E-state index is 12.3. The first kappa shape index (κ1) is 16.0. The molecule has 1 aliphatic rings. The largest absolute Gasteiger partial charge is 0.352 e. The molecule has 0 aromatic heterocycles. The number of nitrogens with one attached hydrogen (secondary N) is 1. The fraction of sp³-hybridized carbons (Fsp3) is 0.611. The summed E-state index contributed by atoms with van der Waals surface area (Å²) in [4.78, 5) is 12.3. The normalized spacial score (nSPS) is 19.0. The molecule has 0 heterocycles. The van der Waals surface area contributed by atoms with Gasteiger partial charge in [0.15, 0.2) is 0 Å². The molecule has 0 saturated heterocycles. The first-order chi connectivity index (χ1) is 10.2. The lowest BCUT2D eigenvalue weighted by molar-refractivity contribution is -0.123. The molecule has 3 heteroatoms. The third-order valence-corrected chi connectivity index (χ3v) is 4.62. The van der Waals surface area contributed by atoms with E-state index in [-0.39, 0.29) is 5.91 Å². The minimum absolute atomic E-state index is 0.00345. The zero-order valence-electron chi connectivity index (χ0n) is 13.1. The van der Waals surface area contributed by atoms with Gasteiger partial charge in [-0.05, 0) is 37.2 Å². The molecule has 2 rings (SSSR count). The molecule has 0 aliphatic heterocycles. The predicted octanol–water partition coefficient (Wildman–Crippen LogP) is 3.03. The Balaban J connectivity index is 1.86. The van der Waals surface area contributed by atoms with E-state index in [1.165, 1.54) is 32.1 Å². The minimum atomic E-state index is -0.454. The summed E-state index contributed by atoms with van der Waals surface area (Å²) in [7, 11) is 0. The maximum absolute atomic E-state index is 12.3. The summed E-state index contributed by atoms with van der Waals surface area (Å²) in [6.45, 7) is 2.16. The molecular formula is C18H28N2O. The number of amides is 1. The second-order valence-corrected chi connectivity index (χ2v) is 6.22. The van der Waals surface area contributed by atoms with E-state index in [0.29, 0.717) is 18.4 Å². The number of nitrogens with two attached hydrogens (primary N) is 1. The average Bonchev–Trinajstić information content (AvgIpc) is 2.54. The summed E-state index contributed by atoms with van der Waals surface area (Å²) >= 11 is 0. The van der Waals surface area contributed by atoms with Crippen molar-refractivity contribution in [3.63, 3.8) is 0 Å². The third kappa shape index (κ3) is 4.85. The molecule has 116 valence electrons. The van der Waals surface area contributed by atoms with Crippen molar-refractivity contribution in [2.24, 2.45) is 11.7 Å². The lowest BCUT2D eigenvalue weighted by Gasteiger charge is -2.31. The lowest BCUT2D eigenvalue weighted by Crippen LogP contribution is -2.49. The number of benzene rings is 1. The van der Waals surface area contributed by atoms with Crippen LogP contribution in [-0.2, 0) is 11.2 Å². The summed E-state index contributed by atoms with van der Waals surface area (Å²) in [6, 6.07) is 9.82. The van der Waals surface area contributed by atoms with Gasteiger partial charge < -0.3 is 11.1 Å². The molecule has 2 unspecified atom stereocenters. The molecule has 0 spiro atoms. The van der Waals surface area contributed by atoms with Crippen LogP contribution in [0.4, 0.5) is 0 Å². The Morgan fingerprint density at radius 2 is 1.90 bits per heavy atom. The molecule has 1 fully saturated rings. The van der Waals surface area contributed by atoms with Gasteiger partial charge in [-0.3, -0.25) is 4.79 Å². The Bertz CT molecular complexity index is 426. The summed E-state index contributed by atoms with van der Waals surface area (Å²) < 4.78 is 0. The van der Waals surface area contributed by atoms with Crippen LogP contribution < -0.4 is 11.1 Å². The second kappa shape index (κ2) is 8.18. The molecule has 1 aliphatic carbocycles. The quantitative estimate of drug-likeness (QED) is 0.845. The van der Waals surface area contributed by atoms with Crippen molar-refractivity contribution in [2.75, 3.05) is 0 Å². The topological polar surface area (TPSA) is 55.1 Å². The van der Waals surface area contributed by atoms with Crippen LogP contribution in [0.5, 0.6) is 0 Å². The number of carbonyl (C=O) groups excluding carboxylic acids is 1. The van der Waals surface area contributed by atoms with Crippen molar-refractivity contribution >= 4 is 5.91 Å². The van der Waals surface area contributed by atoms with Crippen LogP contribution in [0, 0.1) is 5.92 Å². The standard InChI is InChI=1S/C18H28N2O/c1-2-17(15-11-7-4-8-12-15)20-18(21)16(19)13-14-9-5-3-6-10-14/h3,5-6,9-10,15-17H,2,4,7-8,11-13,19H2,1H3,(H,20,21). The predicted molar refractivity (Wildman–Crippen MR) is 86.9 cm³/mol. The maximum Gasteiger partial charge on any atom is 0.237 e. The summed E-state index contributed by atoms with van der Waals surface area (Å²) in [5.41, 5.74) is 7.19. The molecule has 0 radical (unpaired) electrons. The van der Waals surface area contributed by atoms with Gasteiger partial charge in [0.2, 0.25) is 5.91 Å². The Labute approximate surface area is 128 Å². The fourth-order valence-corrected chi connectivity index (χ4v) is 3.34. The van der Waals surface area contributed by atoms with Gasteiger partial charge in [0.05, 0.1) is 6.04 Å². The SMILES string of the molecule is CCC(NC(=O)C(N)Cc1ccccc1)C1CCCCC1. The van der Waals surface area contributed by atoms with Gasteiger partial charge in [-0.1, -0.05) is 56.5 Å². The summed E-state index contributed by atoms with van der Waals surface area (Å²) in [6.07, 6.45) is 8.02. The van der Waals surface area contributed by atoms with Gasteiger partial charge in [0, 0.05) is 6.04 Å². The summed E-state index contributed by atoms with van der Waals surface area (Å²) in [5, 5.41) is 3.19. The summed E-state index contributed by atoms with van der Waals surface area (Å²) in [5.74, 6) is 0.632. The van der Waals surface area contributed by atoms with E-state index in [4.69, 9.17) is 5.73 Å². The molecule has 3 N–H and O–H groups in total. The highest BCUT2D eigenvalue weighted by molar-refractivity contribution is 5.82. The van der Waals surface area contributed by atoms with Crippen molar-refractivity contribution in [2.45, 2.75) is 64.0 Å². The number of carbonyl (C=O) groups is 1. The van der Waals surface area contributed by atoms with E-state index in [9.17, 15) is 4.79 Å². The smallest absolute Gasteiger partial charge is 0.237 e. The first-order valence-electron chi connectivity index (χ1n) is 8.30. The van der Waals surface area contributed by atoms with Crippen molar-refractivity contribution < 1.29 is 4.79 Å². The fourth-order valence-electron chi connectivity index (χ4n) is 3.34. The van der Waals surface area contributed by atoms with Crippen molar-refractivity contribution in [3.05, 3.63) is 35.9 Å². The van der Waals surface area contributed by atoms with E-state index in [1.54, 1.807) is 0 Å². The monoisotopic (exact) mass is 288 g/mol. The molecule has 21 heavy (non-hydrogen) atoms. The Kier molecular flexibility index (Phi) is 6.24. The van der Waals surface area contributed by atoms with Crippen molar-refractivity contribution in [3.8, 4) is 0 Å². The zero-order valence-corrected chi connectivity index (χ0v) is 13.1. The highest BCUT2D eigenvalue weighted by atomic mass is 16.2. The Morgan fingerprint density at radius 3 is 2.52 bits per heavy atom. The van der Waals surface area contributed by atoms with E-state index in [0.717, 1.165) is 12.0 Å². The van der Waals surface area contributed by atoms with Gasteiger partial charge in [0.25, 0.3) is 0 Å². The molecule has 3 nitrogen and oxygen atoms in total. The van der Waals surface area contributed by atoms with Crippen LogP contribution in [0.25, 0.3) is 0 Å². The Morgan fingerprint density at radius 1 is 1.24 bits per heavy atom. The van der Waals surface area contributed by atoms with Gasteiger partial charge in [-0.15, -0.1) is 0 Å². The third-order valence-electron chi connectivity index (χ3n) is 4.62. The molecule has 1 saturated carbocycles. The van der Waals surface area contributed by atoms with Crippen LogP contribution in [0.2, 0.25) is 0 Å². The lowest BCUT2D eigenvalue weighted by atomic mass is 9.83. The highest BCUT2D eigenvalue weighted by Gasteiger charge is 2.25. The molecule has 1 aromatic rings. The minimum Gasteiger partial charge on any atom is -0.352 e. The van der Waals surface area contributed by atoms with Crippen LogP contribution in [-0.4, -0.2) is 18.0 Å². The molecule has 1 amide bonds. The number of hydrogen-bond acceptors (Lipinski definition) is 2. The van der Waals surface area contributed by atoms with Crippen molar-refractivity contribution in [1.29, 1.82) is 0 Å². The molecular weight excluding hydrogens is 260 g/mol. The average molecular weight is 288 g/mol. The second-order valence-electron chi connectivity index (χ2n) is 6.22. The molecule has 2 atom stereocenters. The van der Waals surface area contributed by atoms with Gasteiger partial charge in [-0.25, -0.2) is 0 Å². The number of rotatable bonds is 6. The highest BCUT2D eigenvalue weighted by Crippen LogP contribution is 2.27. The first-order valence-corrected chi connectivity index (χ1v) is 8.30. The van der Waals surface area contributed by atoms with E-state index < -0.39 is 6.04 Å². The van der Waals surface area contributed by atoms with Crippen molar-refractivity contribution in [1.82, 2.24) is 5.32 Å². The van der Waals surface area contributed by atoms with E-state index >= 15 is 0 Å². The molecule has 1 aromatic carbocycles. The zero-order chi connectivity index (χ0) is 15.1. The van der Waals surface area contributed by atoms with Crippen LogP contribution in [0.1, 0.15) is 51.0 Å². The number of hydrogen-bond donors (Lipinski definition) is 2. The van der Waals surface area contributed by atoms with Crippen LogP contribution >= 0.6 is 0 Å². The molecule has 0 bridgehead atoms. The van der Waals surface area contributed by atoms with Gasteiger partial charge in [0.1, 0.15) is 0 Å². The van der Waals surface area contributed by atoms with Crippen LogP contribution in [0.15, 0.2) is 30.3 Å². The van der Waals surface area contributed by atoms with Gasteiger partial charge in [-0.2, -0.15) is 0 Å². The van der Waals surface area contributed by atoms with E-state index in [1.807, 2.05) is 30.3 Å². The van der Waals surface area contributed by atoms with Crippen LogP contribution in [0.3, 0.4) is 0 Å².